The lowest BCUT2D eigenvalue weighted by atomic mass is 9.99. The molecule has 1 saturated heterocycles. The predicted molar refractivity (Wildman–Crippen MR) is 107 cm³/mol. The second-order valence-corrected chi connectivity index (χ2v) is 9.42. The largest absolute Gasteiger partial charge is 0.334 e. The molecule has 0 saturated carbocycles. The summed E-state index contributed by atoms with van der Waals surface area (Å²) < 4.78 is 26.2. The van der Waals surface area contributed by atoms with Gasteiger partial charge in [0.15, 0.2) is 0 Å². The quantitative estimate of drug-likeness (QED) is 0.770. The normalized spacial score (nSPS) is 18.9. The molecule has 0 spiro atoms. The number of halogens is 1. The molecule has 2 aromatic rings. The third kappa shape index (κ3) is 3.56. The summed E-state index contributed by atoms with van der Waals surface area (Å²) >= 11 is 6.31. The average molecular weight is 405 g/mol. The number of carbonyl (C=O) groups excluding carboxylic acids is 1. The van der Waals surface area contributed by atoms with E-state index in [-0.39, 0.29) is 11.7 Å². The number of carbonyl (C=O) groups is 1. The van der Waals surface area contributed by atoms with Crippen molar-refractivity contribution in [1.29, 1.82) is 0 Å². The van der Waals surface area contributed by atoms with Crippen LogP contribution in [-0.2, 0) is 23.0 Å². The number of hydrogen-bond acceptors (Lipinski definition) is 3. The van der Waals surface area contributed by atoms with Crippen molar-refractivity contribution in [2.75, 3.05) is 23.1 Å². The van der Waals surface area contributed by atoms with Crippen LogP contribution in [0.1, 0.15) is 34.3 Å². The summed E-state index contributed by atoms with van der Waals surface area (Å²) in [6.07, 6.45) is 2.29. The van der Waals surface area contributed by atoms with Gasteiger partial charge in [-0.1, -0.05) is 35.9 Å². The van der Waals surface area contributed by atoms with Gasteiger partial charge in [-0.2, -0.15) is 0 Å². The monoisotopic (exact) mass is 404 g/mol. The lowest BCUT2D eigenvalue weighted by molar-refractivity contribution is 0.0735. The fourth-order valence-corrected chi connectivity index (χ4v) is 5.58. The van der Waals surface area contributed by atoms with Crippen LogP contribution in [0, 0.1) is 0 Å². The highest BCUT2D eigenvalue weighted by atomic mass is 35.5. The van der Waals surface area contributed by atoms with Crippen LogP contribution in [0.4, 0.5) is 5.69 Å². The molecule has 1 amide bonds. The average Bonchev–Trinajstić information content (AvgIpc) is 2.67. The standard InChI is InChI=1S/C20H21ClN2O3S/c21-19-8-7-17(23-10-3-4-12-27(23,25)26)13-18(19)20(24)22-11-9-15-5-1-2-6-16(15)14-22/h1-2,5-8,13H,3-4,9-12,14H2. The number of nitrogens with zero attached hydrogens (tertiary/aromatic N) is 2. The second kappa shape index (κ2) is 7.17. The third-order valence-corrected chi connectivity index (χ3v) is 7.43. The van der Waals surface area contributed by atoms with Gasteiger partial charge in [-0.3, -0.25) is 9.10 Å². The summed E-state index contributed by atoms with van der Waals surface area (Å²) in [6.45, 7) is 1.60. The molecule has 0 atom stereocenters. The summed E-state index contributed by atoms with van der Waals surface area (Å²) in [4.78, 5) is 14.9. The van der Waals surface area contributed by atoms with E-state index in [1.165, 1.54) is 9.87 Å². The van der Waals surface area contributed by atoms with Gasteiger partial charge in [0, 0.05) is 19.6 Å². The van der Waals surface area contributed by atoms with Gasteiger partial charge in [0.25, 0.3) is 5.91 Å². The zero-order chi connectivity index (χ0) is 19.0. The van der Waals surface area contributed by atoms with Crippen LogP contribution in [0.5, 0.6) is 0 Å². The minimum absolute atomic E-state index is 0.141. The Morgan fingerprint density at radius 2 is 1.78 bits per heavy atom. The van der Waals surface area contributed by atoms with E-state index >= 15 is 0 Å². The second-order valence-electron chi connectivity index (χ2n) is 7.00. The number of hydrogen-bond donors (Lipinski definition) is 0. The van der Waals surface area contributed by atoms with Crippen LogP contribution in [0.3, 0.4) is 0 Å². The Morgan fingerprint density at radius 1 is 1.00 bits per heavy atom. The number of rotatable bonds is 2. The molecule has 0 N–H and O–H groups in total. The van der Waals surface area contributed by atoms with Gasteiger partial charge < -0.3 is 4.90 Å². The first kappa shape index (κ1) is 18.3. The maximum atomic E-state index is 13.1. The minimum Gasteiger partial charge on any atom is -0.334 e. The third-order valence-electron chi connectivity index (χ3n) is 5.24. The topological polar surface area (TPSA) is 57.7 Å². The summed E-state index contributed by atoms with van der Waals surface area (Å²) in [5.74, 6) is -0.0206. The molecular weight excluding hydrogens is 384 g/mol. The van der Waals surface area contributed by atoms with E-state index in [1.807, 2.05) is 18.2 Å². The summed E-state index contributed by atoms with van der Waals surface area (Å²) in [7, 11) is -3.33. The molecule has 0 aromatic heterocycles. The molecule has 0 radical (unpaired) electrons. The smallest absolute Gasteiger partial charge is 0.255 e. The SMILES string of the molecule is O=C(c1cc(N2CCCCS2(=O)=O)ccc1Cl)N1CCc2ccccc2C1. The van der Waals surface area contributed by atoms with Crippen molar-refractivity contribution in [2.24, 2.45) is 0 Å². The number of amides is 1. The van der Waals surface area contributed by atoms with Gasteiger partial charge in [-0.05, 0) is 48.6 Å². The molecule has 2 aromatic carbocycles. The molecule has 4 rings (SSSR count). The Morgan fingerprint density at radius 3 is 2.56 bits per heavy atom. The van der Waals surface area contributed by atoms with E-state index in [9.17, 15) is 13.2 Å². The van der Waals surface area contributed by atoms with Crippen molar-refractivity contribution >= 4 is 33.2 Å². The maximum absolute atomic E-state index is 13.1. The van der Waals surface area contributed by atoms with Crippen molar-refractivity contribution in [1.82, 2.24) is 4.90 Å². The van der Waals surface area contributed by atoms with E-state index in [2.05, 4.69) is 6.07 Å². The van der Waals surface area contributed by atoms with Crippen molar-refractivity contribution < 1.29 is 13.2 Å². The summed E-state index contributed by atoms with van der Waals surface area (Å²) in [5, 5.41) is 0.344. The van der Waals surface area contributed by atoms with Crippen molar-refractivity contribution in [3.63, 3.8) is 0 Å². The molecule has 7 heteroatoms. The molecule has 2 aliphatic heterocycles. The van der Waals surface area contributed by atoms with Gasteiger partial charge >= 0.3 is 0 Å². The van der Waals surface area contributed by atoms with E-state index in [1.54, 1.807) is 23.1 Å². The summed E-state index contributed by atoms with van der Waals surface area (Å²) in [5.41, 5.74) is 3.28. The van der Waals surface area contributed by atoms with E-state index in [4.69, 9.17) is 11.6 Å². The number of fused-ring (bicyclic) bond motifs is 1. The Hall–Kier alpha value is -2.05. The van der Waals surface area contributed by atoms with Crippen LogP contribution in [-0.4, -0.2) is 38.1 Å². The van der Waals surface area contributed by atoms with Crippen LogP contribution >= 0.6 is 11.6 Å². The minimum atomic E-state index is -3.33. The molecule has 2 aliphatic rings. The van der Waals surface area contributed by atoms with E-state index < -0.39 is 10.0 Å². The molecule has 5 nitrogen and oxygen atoms in total. The number of sulfonamides is 1. The van der Waals surface area contributed by atoms with E-state index in [0.29, 0.717) is 42.3 Å². The summed E-state index contributed by atoms with van der Waals surface area (Å²) in [6, 6.07) is 13.0. The van der Waals surface area contributed by atoms with Gasteiger partial charge in [-0.15, -0.1) is 0 Å². The Kier molecular flexibility index (Phi) is 4.86. The van der Waals surface area contributed by atoms with Gasteiger partial charge in [0.1, 0.15) is 0 Å². The first-order chi connectivity index (χ1) is 13.0. The maximum Gasteiger partial charge on any atom is 0.255 e. The van der Waals surface area contributed by atoms with Crippen molar-refractivity contribution in [2.45, 2.75) is 25.8 Å². The van der Waals surface area contributed by atoms with Gasteiger partial charge in [-0.25, -0.2) is 8.42 Å². The lowest BCUT2D eigenvalue weighted by Crippen LogP contribution is -2.38. The number of anilines is 1. The molecule has 142 valence electrons. The van der Waals surface area contributed by atoms with E-state index in [0.717, 1.165) is 18.4 Å². The van der Waals surface area contributed by atoms with Gasteiger partial charge in [0.2, 0.25) is 10.0 Å². The Balaban J connectivity index is 1.63. The van der Waals surface area contributed by atoms with Crippen molar-refractivity contribution in [3.05, 3.63) is 64.2 Å². The number of benzene rings is 2. The fraction of sp³-hybridized carbons (Fsp3) is 0.350. The van der Waals surface area contributed by atoms with Crippen molar-refractivity contribution in [3.8, 4) is 0 Å². The van der Waals surface area contributed by atoms with Crippen LogP contribution in [0.15, 0.2) is 42.5 Å². The molecule has 0 aliphatic carbocycles. The predicted octanol–water partition coefficient (Wildman–Crippen LogP) is 3.47. The highest BCUT2D eigenvalue weighted by Crippen LogP contribution is 2.30. The Bertz CT molecular complexity index is 990. The Labute approximate surface area is 164 Å². The first-order valence-electron chi connectivity index (χ1n) is 9.12. The van der Waals surface area contributed by atoms with Gasteiger partial charge in [0.05, 0.1) is 22.0 Å². The molecule has 2 heterocycles. The fourth-order valence-electron chi connectivity index (χ4n) is 3.75. The molecule has 0 bridgehead atoms. The first-order valence-corrected chi connectivity index (χ1v) is 11.1. The molecular formula is C20H21ClN2O3S. The van der Waals surface area contributed by atoms with Crippen LogP contribution < -0.4 is 4.31 Å². The zero-order valence-corrected chi connectivity index (χ0v) is 16.5. The van der Waals surface area contributed by atoms with Crippen LogP contribution in [0.2, 0.25) is 5.02 Å². The highest BCUT2D eigenvalue weighted by Gasteiger charge is 2.28. The molecule has 1 fully saturated rings. The highest BCUT2D eigenvalue weighted by molar-refractivity contribution is 7.92. The van der Waals surface area contributed by atoms with Crippen LogP contribution in [0.25, 0.3) is 0 Å². The lowest BCUT2D eigenvalue weighted by Gasteiger charge is -2.31. The molecule has 0 unspecified atom stereocenters. The molecule has 27 heavy (non-hydrogen) atoms. The zero-order valence-electron chi connectivity index (χ0n) is 14.9.